The Bertz CT molecular complexity index is 1440. The number of piperidine rings is 1. The van der Waals surface area contributed by atoms with Crippen molar-refractivity contribution in [3.05, 3.63) is 12.7 Å². The van der Waals surface area contributed by atoms with E-state index < -0.39 is 114 Å². The van der Waals surface area contributed by atoms with E-state index in [1.54, 1.807) is 47.6 Å². The van der Waals surface area contributed by atoms with Crippen LogP contribution in [-0.2, 0) is 33.6 Å². The Hall–Kier alpha value is -4.05. The Morgan fingerprint density at radius 3 is 1.77 bits per heavy atom. The van der Waals surface area contributed by atoms with Gasteiger partial charge in [-0.1, -0.05) is 61.0 Å². The third-order valence-corrected chi connectivity index (χ3v) is 11.7. The fraction of sp³-hybridized carbons (Fsp3) is 0.775. The normalized spacial score (nSPS) is 29.6. The fourth-order valence-corrected chi connectivity index (χ4v) is 7.06. The third-order valence-electron chi connectivity index (χ3n) is 11.7. The van der Waals surface area contributed by atoms with E-state index in [0.717, 1.165) is 9.80 Å². The van der Waals surface area contributed by atoms with Crippen LogP contribution in [0.3, 0.4) is 0 Å². The summed E-state index contributed by atoms with van der Waals surface area (Å²) >= 11 is 0. The molecule has 2 saturated heterocycles. The van der Waals surface area contributed by atoms with E-state index in [1.807, 2.05) is 6.92 Å². The van der Waals surface area contributed by atoms with Gasteiger partial charge in [0.25, 0.3) is 0 Å². The number of allylic oxidation sites excluding steroid dienone is 1. The van der Waals surface area contributed by atoms with Gasteiger partial charge >= 0.3 is 0 Å². The Labute approximate surface area is 333 Å². The van der Waals surface area contributed by atoms with E-state index in [-0.39, 0.29) is 25.3 Å². The van der Waals surface area contributed by atoms with Crippen LogP contribution in [0.2, 0.25) is 0 Å². The van der Waals surface area contributed by atoms with Crippen molar-refractivity contribution in [2.24, 2.45) is 23.7 Å². The quantitative estimate of drug-likeness (QED) is 0.208. The van der Waals surface area contributed by atoms with E-state index in [2.05, 4.69) is 22.5 Å². The number of hydrogen-bond acceptors (Lipinski definition) is 9. The van der Waals surface area contributed by atoms with Crippen LogP contribution in [0.25, 0.3) is 0 Å². The highest BCUT2D eigenvalue weighted by atomic mass is 16.3. The second kappa shape index (κ2) is 20.9. The van der Waals surface area contributed by atoms with Gasteiger partial charge in [0.1, 0.15) is 42.3 Å². The van der Waals surface area contributed by atoms with Crippen molar-refractivity contribution in [1.82, 2.24) is 35.6 Å². The molecule has 2 aliphatic heterocycles. The number of nitrogens with one attached hydrogen (secondary N) is 3. The zero-order valence-electron chi connectivity index (χ0n) is 35.6. The molecule has 11 atom stereocenters. The summed E-state index contributed by atoms with van der Waals surface area (Å²) in [5, 5.41) is 30.8. The molecule has 0 radical (unpaired) electrons. The average Bonchev–Trinajstić information content (AvgIpc) is 3.17. The zero-order chi connectivity index (χ0) is 42.9. The van der Waals surface area contributed by atoms with Gasteiger partial charge in [0.15, 0.2) is 0 Å². The summed E-state index contributed by atoms with van der Waals surface area (Å²) in [5.41, 5.74) is 0. The van der Waals surface area contributed by atoms with Gasteiger partial charge < -0.3 is 45.8 Å². The smallest absolute Gasteiger partial charge is 0.246 e. The van der Waals surface area contributed by atoms with Gasteiger partial charge in [-0.3, -0.25) is 33.6 Å². The predicted octanol–water partition coefficient (Wildman–Crippen LogP) is 0.648. The summed E-state index contributed by atoms with van der Waals surface area (Å²) in [7, 11) is 4.15. The molecule has 0 saturated carbocycles. The number of amides is 7. The minimum absolute atomic E-state index is 0.0848. The molecule has 7 amide bonds. The molecule has 2 rings (SSSR count). The molecule has 0 aliphatic carbocycles. The number of carbonyl (C=O) groups excluding carboxylic acids is 7. The summed E-state index contributed by atoms with van der Waals surface area (Å²) < 4.78 is 0. The van der Waals surface area contributed by atoms with Crippen LogP contribution < -0.4 is 16.0 Å². The number of likely N-dealkylation sites (N-methyl/N-ethyl adjacent to an activating group) is 3. The zero-order valence-corrected chi connectivity index (χ0v) is 35.6. The molecule has 16 nitrogen and oxygen atoms in total. The van der Waals surface area contributed by atoms with Crippen molar-refractivity contribution in [3.63, 3.8) is 0 Å². The first-order chi connectivity index (χ1) is 26.0. The van der Waals surface area contributed by atoms with E-state index in [4.69, 9.17) is 0 Å². The number of carbonyl (C=O) groups is 7. The molecule has 2 fully saturated rings. The average molecular weight is 792 g/mol. The molecule has 0 bridgehead atoms. The first kappa shape index (κ1) is 48.1. The molecule has 2 unspecified atom stereocenters. The molecular formula is C40H69N7O9. The maximum absolute atomic E-state index is 14.2. The molecule has 2 heterocycles. The molecule has 318 valence electrons. The summed E-state index contributed by atoms with van der Waals surface area (Å²) in [6.07, 6.45) is 0.837. The molecular weight excluding hydrogens is 722 g/mol. The standard InChI is InChI=1S/C40H69N7O9/c1-14-23(7)20-27-39(55)44(11)26(10)38(54)47-19-17-16-18-28(47)34(50)43-30(32(48)21(3)4)35(51)42-29(24(8)15-2)40(56)45(12)25(9)37(53)46(13)31(36(52)41-27)33(49)22(5)6/h14,21-33,48-49H,1,15-20H2,2-13H3,(H,41,52)(H,42,51)(H,43,50)/t23-,24-,25-,26-,27-,28+,29?,30?,31-,32+,33-/m0/s1. The molecule has 5 N–H and O–H groups in total. The number of hydrogen-bond donors (Lipinski definition) is 5. The van der Waals surface area contributed by atoms with Gasteiger partial charge in [-0.05, 0) is 63.2 Å². The van der Waals surface area contributed by atoms with Crippen LogP contribution in [-0.4, -0.2) is 153 Å². The number of aliphatic hydroxyl groups excluding tert-OH is 2. The van der Waals surface area contributed by atoms with Crippen molar-refractivity contribution in [3.8, 4) is 0 Å². The molecule has 0 aromatic heterocycles. The minimum Gasteiger partial charge on any atom is -0.390 e. The number of rotatable bonds is 9. The van der Waals surface area contributed by atoms with Gasteiger partial charge in [0.2, 0.25) is 41.4 Å². The Morgan fingerprint density at radius 2 is 1.23 bits per heavy atom. The molecule has 0 aromatic carbocycles. The number of fused-ring (bicyclic) bond motifs is 1. The second-order valence-electron chi connectivity index (χ2n) is 16.5. The highest BCUT2D eigenvalue weighted by Crippen LogP contribution is 2.23. The SMILES string of the molecule is C=C[C@H](C)C[C@@H]1NC(=O)[C@H]([C@@H](O)C(C)C)N(C)C(=O)[C@H](C)N(C)C(=O)C([C@@H](C)CC)NC(=O)C([C@H](O)C(C)C)NC(=O)[C@H]2CCCCN2C(=O)[C@H](C)N(C)C1=O. The van der Waals surface area contributed by atoms with E-state index >= 15 is 0 Å². The fourth-order valence-electron chi connectivity index (χ4n) is 7.06. The summed E-state index contributed by atoms with van der Waals surface area (Å²) in [5.74, 6) is -6.53. The topological polar surface area (TPSA) is 209 Å². The predicted molar refractivity (Wildman–Crippen MR) is 211 cm³/mol. The lowest BCUT2D eigenvalue weighted by Gasteiger charge is -2.39. The van der Waals surface area contributed by atoms with E-state index in [0.29, 0.717) is 19.3 Å². The number of aliphatic hydroxyl groups is 2. The maximum Gasteiger partial charge on any atom is 0.246 e. The summed E-state index contributed by atoms with van der Waals surface area (Å²) in [4.78, 5) is 104. The van der Waals surface area contributed by atoms with Gasteiger partial charge in [0.05, 0.1) is 12.2 Å². The van der Waals surface area contributed by atoms with Gasteiger partial charge in [-0.25, -0.2) is 0 Å². The van der Waals surface area contributed by atoms with Crippen LogP contribution in [0.15, 0.2) is 12.7 Å². The first-order valence-corrected chi connectivity index (χ1v) is 20.0. The summed E-state index contributed by atoms with van der Waals surface area (Å²) in [6, 6.07) is -8.70. The Kier molecular flexibility index (Phi) is 18.0. The lowest BCUT2D eigenvalue weighted by Crippen LogP contribution is -2.64. The monoisotopic (exact) mass is 792 g/mol. The van der Waals surface area contributed by atoms with Crippen LogP contribution in [0.5, 0.6) is 0 Å². The van der Waals surface area contributed by atoms with Crippen LogP contribution in [0.1, 0.15) is 94.4 Å². The van der Waals surface area contributed by atoms with Crippen LogP contribution >= 0.6 is 0 Å². The molecule has 0 aromatic rings. The maximum atomic E-state index is 14.2. The minimum atomic E-state index is -1.50. The van der Waals surface area contributed by atoms with Crippen molar-refractivity contribution in [2.75, 3.05) is 27.7 Å². The lowest BCUT2D eigenvalue weighted by atomic mass is 9.94. The third kappa shape index (κ3) is 11.3. The molecule has 16 heteroatoms. The van der Waals surface area contributed by atoms with Gasteiger partial charge in [-0.15, -0.1) is 6.58 Å². The van der Waals surface area contributed by atoms with Crippen molar-refractivity contribution >= 4 is 41.4 Å². The van der Waals surface area contributed by atoms with E-state index in [9.17, 15) is 43.8 Å². The van der Waals surface area contributed by atoms with E-state index in [1.165, 1.54) is 44.8 Å². The number of nitrogens with zero attached hydrogens (tertiary/aromatic N) is 4. The molecule has 2 aliphatic rings. The van der Waals surface area contributed by atoms with Gasteiger partial charge in [0, 0.05) is 27.7 Å². The first-order valence-electron chi connectivity index (χ1n) is 20.0. The lowest BCUT2D eigenvalue weighted by molar-refractivity contribution is -0.153. The molecule has 56 heavy (non-hydrogen) atoms. The van der Waals surface area contributed by atoms with Crippen LogP contribution in [0, 0.1) is 23.7 Å². The second-order valence-corrected chi connectivity index (χ2v) is 16.5. The van der Waals surface area contributed by atoms with Crippen molar-refractivity contribution in [2.45, 2.75) is 149 Å². The highest BCUT2D eigenvalue weighted by molar-refractivity contribution is 5.98. The van der Waals surface area contributed by atoms with Gasteiger partial charge in [-0.2, -0.15) is 0 Å². The van der Waals surface area contributed by atoms with Crippen LogP contribution in [0.4, 0.5) is 0 Å². The summed E-state index contributed by atoms with van der Waals surface area (Å²) in [6.45, 7) is 19.1. The largest absolute Gasteiger partial charge is 0.390 e. The van der Waals surface area contributed by atoms with Crippen molar-refractivity contribution in [1.29, 1.82) is 0 Å². The Balaban J connectivity index is 2.83. The molecule has 0 spiro atoms. The Morgan fingerprint density at radius 1 is 0.696 bits per heavy atom. The highest BCUT2D eigenvalue weighted by Gasteiger charge is 2.44. The van der Waals surface area contributed by atoms with Crippen molar-refractivity contribution < 1.29 is 43.8 Å².